The quantitative estimate of drug-likeness (QED) is 0.623. The van der Waals surface area contributed by atoms with E-state index in [9.17, 15) is 9.59 Å². The second kappa shape index (κ2) is 5.48. The molecule has 0 amide bonds. The van der Waals surface area contributed by atoms with Gasteiger partial charge in [0, 0.05) is 6.20 Å². The minimum absolute atomic E-state index is 0.0401. The van der Waals surface area contributed by atoms with E-state index < -0.39 is 5.97 Å². The number of hydrogen-bond donors (Lipinski definition) is 0. The largest absolute Gasteiger partial charge is 0.461 e. The third-order valence-electron chi connectivity index (χ3n) is 2.60. The summed E-state index contributed by atoms with van der Waals surface area (Å²) in [6.07, 6.45) is 2.12. The first kappa shape index (κ1) is 13.0. The van der Waals surface area contributed by atoms with Gasteiger partial charge in [0.2, 0.25) is 0 Å². The van der Waals surface area contributed by atoms with E-state index >= 15 is 0 Å². The van der Waals surface area contributed by atoms with E-state index in [0.717, 1.165) is 11.3 Å². The van der Waals surface area contributed by atoms with Crippen LogP contribution in [0.1, 0.15) is 33.3 Å². The number of aryl methyl sites for hydroxylation is 1. The average molecular weight is 258 g/mol. The molecule has 19 heavy (non-hydrogen) atoms. The molecule has 0 unspecified atom stereocenters. The van der Waals surface area contributed by atoms with Crippen LogP contribution in [0, 0.1) is 6.92 Å². The van der Waals surface area contributed by atoms with E-state index in [1.54, 1.807) is 6.92 Å². The molecule has 5 nitrogen and oxygen atoms in total. The molecule has 0 spiro atoms. The number of hydrogen-bond acceptors (Lipinski definition) is 4. The Morgan fingerprint density at radius 3 is 2.89 bits per heavy atom. The fourth-order valence-electron chi connectivity index (χ4n) is 1.73. The summed E-state index contributed by atoms with van der Waals surface area (Å²) in [6, 6.07) is 7.61. The zero-order valence-corrected chi connectivity index (χ0v) is 10.8. The molecule has 0 saturated heterocycles. The predicted molar refractivity (Wildman–Crippen MR) is 69.6 cm³/mol. The van der Waals surface area contributed by atoms with Crippen LogP contribution in [0.5, 0.6) is 0 Å². The van der Waals surface area contributed by atoms with Crippen LogP contribution in [0.25, 0.3) is 5.69 Å². The Kier molecular flexibility index (Phi) is 3.75. The van der Waals surface area contributed by atoms with Gasteiger partial charge in [0.1, 0.15) is 0 Å². The topological polar surface area (TPSA) is 61.2 Å². The van der Waals surface area contributed by atoms with Gasteiger partial charge in [-0.3, -0.25) is 4.79 Å². The minimum atomic E-state index is -0.587. The molecule has 5 heteroatoms. The van der Waals surface area contributed by atoms with Crippen LogP contribution in [-0.4, -0.2) is 28.6 Å². The maximum Gasteiger partial charge on any atom is 0.359 e. The van der Waals surface area contributed by atoms with Crippen molar-refractivity contribution in [2.75, 3.05) is 6.61 Å². The van der Waals surface area contributed by atoms with Crippen molar-refractivity contribution in [3.63, 3.8) is 0 Å². The highest BCUT2D eigenvalue weighted by Crippen LogP contribution is 2.13. The molecular formula is C14H14N2O3. The number of rotatable bonds is 4. The van der Waals surface area contributed by atoms with Gasteiger partial charge < -0.3 is 4.74 Å². The molecular weight excluding hydrogens is 244 g/mol. The van der Waals surface area contributed by atoms with Gasteiger partial charge in [-0.1, -0.05) is 12.1 Å². The fraction of sp³-hybridized carbons (Fsp3) is 0.214. The first-order chi connectivity index (χ1) is 9.15. The van der Waals surface area contributed by atoms with Crippen molar-refractivity contribution in [2.45, 2.75) is 13.8 Å². The lowest BCUT2D eigenvalue weighted by Gasteiger charge is -2.02. The Morgan fingerprint density at radius 1 is 1.47 bits per heavy atom. The first-order valence-corrected chi connectivity index (χ1v) is 5.94. The Morgan fingerprint density at radius 2 is 2.26 bits per heavy atom. The predicted octanol–water partition coefficient (Wildman–Crippen LogP) is 2.17. The van der Waals surface area contributed by atoms with Gasteiger partial charge in [-0.05, 0) is 31.5 Å². The highest BCUT2D eigenvalue weighted by atomic mass is 16.5. The van der Waals surface area contributed by atoms with Crippen molar-refractivity contribution in [2.24, 2.45) is 0 Å². The van der Waals surface area contributed by atoms with E-state index in [1.165, 1.54) is 10.9 Å². The summed E-state index contributed by atoms with van der Waals surface area (Å²) in [5, 5.41) is 4.12. The Hall–Kier alpha value is -2.43. The second-order valence-electron chi connectivity index (χ2n) is 4.05. The molecule has 0 N–H and O–H groups in total. The monoisotopic (exact) mass is 258 g/mol. The van der Waals surface area contributed by atoms with Crippen LogP contribution in [-0.2, 0) is 4.74 Å². The van der Waals surface area contributed by atoms with Gasteiger partial charge in [-0.25, -0.2) is 9.48 Å². The van der Waals surface area contributed by atoms with Crippen molar-refractivity contribution >= 4 is 12.3 Å². The smallest absolute Gasteiger partial charge is 0.359 e. The van der Waals surface area contributed by atoms with Crippen molar-refractivity contribution in [3.05, 3.63) is 47.3 Å². The number of ether oxygens (including phenoxy) is 1. The average Bonchev–Trinajstić information content (AvgIpc) is 2.83. The summed E-state index contributed by atoms with van der Waals surface area (Å²) < 4.78 is 6.37. The van der Waals surface area contributed by atoms with Crippen molar-refractivity contribution in [1.82, 2.24) is 9.78 Å². The number of aldehydes is 1. The highest BCUT2D eigenvalue weighted by molar-refractivity contribution is 5.96. The SMILES string of the molecule is CCOC(=O)c1nn(-c2cccc(C)c2)cc1C=O. The molecule has 0 bridgehead atoms. The van der Waals surface area contributed by atoms with Gasteiger partial charge in [0.25, 0.3) is 0 Å². The molecule has 1 aromatic heterocycles. The third-order valence-corrected chi connectivity index (χ3v) is 2.60. The zero-order valence-electron chi connectivity index (χ0n) is 10.8. The number of esters is 1. The van der Waals surface area contributed by atoms with Crippen molar-refractivity contribution in [1.29, 1.82) is 0 Å². The van der Waals surface area contributed by atoms with E-state index in [2.05, 4.69) is 5.10 Å². The number of nitrogens with zero attached hydrogens (tertiary/aromatic N) is 2. The summed E-state index contributed by atoms with van der Waals surface area (Å²) in [7, 11) is 0. The van der Waals surface area contributed by atoms with E-state index in [0.29, 0.717) is 6.29 Å². The summed E-state index contributed by atoms with van der Waals surface area (Å²) >= 11 is 0. The number of benzene rings is 1. The van der Waals surface area contributed by atoms with Gasteiger partial charge in [-0.2, -0.15) is 5.10 Å². The second-order valence-corrected chi connectivity index (χ2v) is 4.05. The molecule has 0 aliphatic carbocycles. The molecule has 98 valence electrons. The normalized spacial score (nSPS) is 10.2. The van der Waals surface area contributed by atoms with Crippen LogP contribution in [0.4, 0.5) is 0 Å². The first-order valence-electron chi connectivity index (χ1n) is 5.94. The van der Waals surface area contributed by atoms with E-state index in [-0.39, 0.29) is 17.9 Å². The van der Waals surface area contributed by atoms with Crippen molar-refractivity contribution < 1.29 is 14.3 Å². The molecule has 0 saturated carbocycles. The molecule has 2 aromatic rings. The summed E-state index contributed by atoms with van der Waals surface area (Å²) in [6.45, 7) is 3.91. The lowest BCUT2D eigenvalue weighted by molar-refractivity contribution is 0.0517. The molecule has 0 atom stereocenters. The minimum Gasteiger partial charge on any atom is -0.461 e. The molecule has 0 aliphatic rings. The molecule has 2 rings (SSSR count). The highest BCUT2D eigenvalue weighted by Gasteiger charge is 2.18. The van der Waals surface area contributed by atoms with Crippen LogP contribution in [0.15, 0.2) is 30.5 Å². The Bertz CT molecular complexity index is 617. The lowest BCUT2D eigenvalue weighted by atomic mass is 10.2. The van der Waals surface area contributed by atoms with Crippen LogP contribution in [0.3, 0.4) is 0 Å². The zero-order chi connectivity index (χ0) is 13.8. The van der Waals surface area contributed by atoms with E-state index in [1.807, 2.05) is 31.2 Å². The van der Waals surface area contributed by atoms with Crippen LogP contribution < -0.4 is 0 Å². The Labute approximate surface area is 110 Å². The van der Waals surface area contributed by atoms with Crippen LogP contribution >= 0.6 is 0 Å². The Balaban J connectivity index is 2.44. The molecule has 0 fully saturated rings. The van der Waals surface area contributed by atoms with Gasteiger partial charge in [-0.15, -0.1) is 0 Å². The summed E-state index contributed by atoms with van der Waals surface area (Å²) in [5.41, 5.74) is 2.12. The molecule has 1 aromatic carbocycles. The molecule has 0 radical (unpaired) electrons. The van der Waals surface area contributed by atoms with Crippen molar-refractivity contribution in [3.8, 4) is 5.69 Å². The number of carbonyl (C=O) groups excluding carboxylic acids is 2. The third kappa shape index (κ3) is 2.70. The maximum atomic E-state index is 11.7. The standard InChI is InChI=1S/C14H14N2O3/c1-3-19-14(18)13-11(9-17)8-16(15-13)12-6-4-5-10(2)7-12/h4-9H,3H2,1-2H3. The number of aromatic nitrogens is 2. The lowest BCUT2D eigenvalue weighted by Crippen LogP contribution is -2.08. The number of carbonyl (C=O) groups is 2. The summed E-state index contributed by atoms with van der Waals surface area (Å²) in [4.78, 5) is 22.7. The van der Waals surface area contributed by atoms with Gasteiger partial charge >= 0.3 is 5.97 Å². The van der Waals surface area contributed by atoms with E-state index in [4.69, 9.17) is 4.74 Å². The van der Waals surface area contributed by atoms with Gasteiger partial charge in [0.15, 0.2) is 12.0 Å². The van der Waals surface area contributed by atoms with Gasteiger partial charge in [0.05, 0.1) is 17.9 Å². The maximum absolute atomic E-state index is 11.7. The molecule has 1 heterocycles. The molecule has 0 aliphatic heterocycles. The van der Waals surface area contributed by atoms with Crippen LogP contribution in [0.2, 0.25) is 0 Å². The summed E-state index contributed by atoms with van der Waals surface area (Å²) in [5.74, 6) is -0.587. The fourth-order valence-corrected chi connectivity index (χ4v) is 1.73.